The number of rotatable bonds is 2. The summed E-state index contributed by atoms with van der Waals surface area (Å²) >= 11 is 0. The van der Waals surface area contributed by atoms with Gasteiger partial charge in [0, 0.05) is 0 Å². The van der Waals surface area contributed by atoms with Gasteiger partial charge in [-0.15, -0.1) is 0 Å². The first-order valence-corrected chi connectivity index (χ1v) is 5.31. The van der Waals surface area contributed by atoms with Gasteiger partial charge in [0.2, 0.25) is 0 Å². The van der Waals surface area contributed by atoms with Crippen LogP contribution in [0.2, 0.25) is 0 Å². The van der Waals surface area contributed by atoms with Crippen LogP contribution in [-0.2, 0) is 6.54 Å². The van der Waals surface area contributed by atoms with Gasteiger partial charge < -0.3 is 5.73 Å². The fraction of sp³-hybridized carbons (Fsp3) is 0.333. The number of nitrogens with two attached hydrogens (primary N) is 1. The van der Waals surface area contributed by atoms with Gasteiger partial charge in [-0.25, -0.2) is 9.67 Å². The van der Waals surface area contributed by atoms with Crippen LogP contribution in [0.25, 0.3) is 5.69 Å². The van der Waals surface area contributed by atoms with E-state index in [-0.39, 0.29) is 0 Å². The number of hydrogen-bond acceptors (Lipinski definition) is 3. The Balaban J connectivity index is 2.57. The highest BCUT2D eigenvalue weighted by Crippen LogP contribution is 2.14. The molecule has 0 bridgehead atoms. The van der Waals surface area contributed by atoms with E-state index in [1.54, 1.807) is 0 Å². The molecule has 0 aliphatic rings. The van der Waals surface area contributed by atoms with E-state index in [1.807, 2.05) is 11.6 Å². The fourth-order valence-electron chi connectivity index (χ4n) is 1.87. The molecule has 4 heteroatoms. The summed E-state index contributed by atoms with van der Waals surface area (Å²) in [5, 5.41) is 4.36. The van der Waals surface area contributed by atoms with E-state index >= 15 is 0 Å². The summed E-state index contributed by atoms with van der Waals surface area (Å²) in [6.07, 6.45) is 0. The molecule has 0 aliphatic carbocycles. The quantitative estimate of drug-likeness (QED) is 0.830. The Labute approximate surface area is 95.1 Å². The Hall–Kier alpha value is -1.68. The fourth-order valence-corrected chi connectivity index (χ4v) is 1.87. The normalized spacial score (nSPS) is 10.8. The van der Waals surface area contributed by atoms with Crippen molar-refractivity contribution in [2.45, 2.75) is 27.3 Å². The molecule has 4 nitrogen and oxygen atoms in total. The maximum atomic E-state index is 5.65. The Kier molecular flexibility index (Phi) is 2.75. The molecule has 0 amide bonds. The molecule has 1 heterocycles. The molecule has 0 fully saturated rings. The van der Waals surface area contributed by atoms with Gasteiger partial charge in [-0.2, -0.15) is 5.10 Å². The number of aryl methyl sites for hydroxylation is 3. The van der Waals surface area contributed by atoms with Crippen molar-refractivity contribution in [2.24, 2.45) is 5.73 Å². The Morgan fingerprint density at radius 3 is 2.31 bits per heavy atom. The van der Waals surface area contributed by atoms with Crippen molar-refractivity contribution in [1.82, 2.24) is 14.8 Å². The molecule has 0 radical (unpaired) electrons. The third-order valence-electron chi connectivity index (χ3n) is 2.41. The van der Waals surface area contributed by atoms with Crippen molar-refractivity contribution in [2.75, 3.05) is 0 Å². The zero-order valence-electron chi connectivity index (χ0n) is 9.86. The summed E-state index contributed by atoms with van der Waals surface area (Å²) < 4.78 is 1.81. The van der Waals surface area contributed by atoms with E-state index in [0.29, 0.717) is 6.54 Å². The molecular weight excluding hydrogens is 200 g/mol. The second-order valence-electron chi connectivity index (χ2n) is 4.04. The lowest BCUT2D eigenvalue weighted by Crippen LogP contribution is -2.08. The number of benzene rings is 1. The van der Waals surface area contributed by atoms with Crippen LogP contribution in [0.1, 0.15) is 22.8 Å². The van der Waals surface area contributed by atoms with Crippen LogP contribution in [0.4, 0.5) is 0 Å². The maximum Gasteiger partial charge on any atom is 0.148 e. The van der Waals surface area contributed by atoms with Crippen molar-refractivity contribution in [3.8, 4) is 5.69 Å². The highest BCUT2D eigenvalue weighted by molar-refractivity contribution is 5.39. The van der Waals surface area contributed by atoms with Gasteiger partial charge in [0.1, 0.15) is 11.6 Å². The third-order valence-corrected chi connectivity index (χ3v) is 2.41. The maximum absolute atomic E-state index is 5.65. The smallest absolute Gasteiger partial charge is 0.148 e. The van der Waals surface area contributed by atoms with Gasteiger partial charge in [-0.05, 0) is 44.0 Å². The van der Waals surface area contributed by atoms with Gasteiger partial charge in [0.25, 0.3) is 0 Å². The van der Waals surface area contributed by atoms with Crippen LogP contribution < -0.4 is 5.73 Å². The minimum absolute atomic E-state index is 0.397. The van der Waals surface area contributed by atoms with Gasteiger partial charge in [0.05, 0.1) is 12.2 Å². The van der Waals surface area contributed by atoms with Crippen molar-refractivity contribution in [3.05, 3.63) is 41.0 Å². The van der Waals surface area contributed by atoms with E-state index in [9.17, 15) is 0 Å². The molecule has 0 atom stereocenters. The summed E-state index contributed by atoms with van der Waals surface area (Å²) in [7, 11) is 0. The molecule has 1 aromatic heterocycles. The van der Waals surface area contributed by atoms with Gasteiger partial charge in [0.15, 0.2) is 0 Å². The molecule has 2 N–H and O–H groups in total. The highest BCUT2D eigenvalue weighted by Gasteiger charge is 2.08. The van der Waals surface area contributed by atoms with Gasteiger partial charge in [-0.3, -0.25) is 0 Å². The summed E-state index contributed by atoms with van der Waals surface area (Å²) in [4.78, 5) is 4.29. The average molecular weight is 216 g/mol. The third kappa shape index (κ3) is 1.97. The lowest BCUT2D eigenvalue weighted by Gasteiger charge is -2.06. The van der Waals surface area contributed by atoms with E-state index < -0.39 is 0 Å². The molecule has 2 aromatic rings. The van der Waals surface area contributed by atoms with Crippen molar-refractivity contribution >= 4 is 0 Å². The number of hydrogen-bond donors (Lipinski definition) is 1. The largest absolute Gasteiger partial charge is 0.324 e. The zero-order valence-corrected chi connectivity index (χ0v) is 9.86. The number of aromatic nitrogens is 3. The predicted octanol–water partition coefficient (Wildman–Crippen LogP) is 1.65. The second kappa shape index (κ2) is 4.06. The van der Waals surface area contributed by atoms with E-state index in [4.69, 9.17) is 5.73 Å². The van der Waals surface area contributed by atoms with Crippen molar-refractivity contribution < 1.29 is 0 Å². The van der Waals surface area contributed by atoms with Crippen molar-refractivity contribution in [1.29, 1.82) is 0 Å². The molecule has 1 aromatic carbocycles. The summed E-state index contributed by atoms with van der Waals surface area (Å²) in [5.74, 6) is 1.54. The first-order valence-electron chi connectivity index (χ1n) is 5.31. The standard InChI is InChI=1S/C12H16N4/c1-8-4-9(2)6-11(5-8)16-12(7-13)14-10(3)15-16/h4-6H,7,13H2,1-3H3. The second-order valence-corrected chi connectivity index (χ2v) is 4.04. The van der Waals surface area contributed by atoms with E-state index in [2.05, 4.69) is 42.1 Å². The molecule has 0 saturated heterocycles. The predicted molar refractivity (Wildman–Crippen MR) is 63.5 cm³/mol. The monoisotopic (exact) mass is 216 g/mol. The molecule has 0 unspecified atom stereocenters. The van der Waals surface area contributed by atoms with Crippen LogP contribution in [-0.4, -0.2) is 14.8 Å². The first kappa shape index (κ1) is 10.8. The van der Waals surface area contributed by atoms with Crippen LogP contribution >= 0.6 is 0 Å². The average Bonchev–Trinajstić information content (AvgIpc) is 2.58. The summed E-state index contributed by atoms with van der Waals surface area (Å²) in [6, 6.07) is 6.30. The molecule has 0 spiro atoms. The molecule has 16 heavy (non-hydrogen) atoms. The Morgan fingerprint density at radius 2 is 1.75 bits per heavy atom. The van der Waals surface area contributed by atoms with E-state index in [1.165, 1.54) is 11.1 Å². The van der Waals surface area contributed by atoms with Gasteiger partial charge >= 0.3 is 0 Å². The summed E-state index contributed by atoms with van der Waals surface area (Å²) in [5.41, 5.74) is 9.11. The Morgan fingerprint density at radius 1 is 1.12 bits per heavy atom. The Bertz CT molecular complexity index is 493. The molecule has 84 valence electrons. The van der Waals surface area contributed by atoms with Crippen LogP contribution in [0.15, 0.2) is 18.2 Å². The van der Waals surface area contributed by atoms with Gasteiger partial charge in [-0.1, -0.05) is 6.07 Å². The molecule has 0 saturated carbocycles. The lowest BCUT2D eigenvalue weighted by molar-refractivity contribution is 0.785. The number of nitrogens with zero attached hydrogens (tertiary/aromatic N) is 3. The summed E-state index contributed by atoms with van der Waals surface area (Å²) in [6.45, 7) is 6.41. The molecule has 2 rings (SSSR count). The topological polar surface area (TPSA) is 56.7 Å². The van der Waals surface area contributed by atoms with Crippen molar-refractivity contribution in [3.63, 3.8) is 0 Å². The minimum Gasteiger partial charge on any atom is -0.324 e. The SMILES string of the molecule is Cc1cc(C)cc(-n2nc(C)nc2CN)c1. The molecule has 0 aliphatic heterocycles. The van der Waals surface area contributed by atoms with Crippen LogP contribution in [0, 0.1) is 20.8 Å². The first-order chi connectivity index (χ1) is 7.60. The van der Waals surface area contributed by atoms with E-state index in [0.717, 1.165) is 17.3 Å². The lowest BCUT2D eigenvalue weighted by atomic mass is 10.1. The minimum atomic E-state index is 0.397. The molecular formula is C12H16N4. The van der Waals surface area contributed by atoms with Crippen LogP contribution in [0.5, 0.6) is 0 Å². The highest BCUT2D eigenvalue weighted by atomic mass is 15.4. The zero-order chi connectivity index (χ0) is 11.7. The van der Waals surface area contributed by atoms with Crippen LogP contribution in [0.3, 0.4) is 0 Å².